The molecule has 1 aromatic rings. The van der Waals surface area contributed by atoms with Gasteiger partial charge in [-0.1, -0.05) is 0 Å². The number of urea groups is 1. The highest BCUT2D eigenvalue weighted by Gasteiger charge is 2.46. The van der Waals surface area contributed by atoms with E-state index in [1.54, 1.807) is 18.5 Å². The van der Waals surface area contributed by atoms with Gasteiger partial charge in [-0.05, 0) is 38.0 Å². The summed E-state index contributed by atoms with van der Waals surface area (Å²) in [6, 6.07) is 1.12. The topological polar surface area (TPSA) is 79.4 Å². The van der Waals surface area contributed by atoms with E-state index in [1.807, 2.05) is 6.92 Å². The summed E-state index contributed by atoms with van der Waals surface area (Å²) in [6.45, 7) is 4.99. The minimum atomic E-state index is -1.23. The molecule has 1 saturated heterocycles. The maximum Gasteiger partial charge on any atom is 0.331 e. The Hall–Kier alpha value is -2.24. The molecule has 2 heterocycles. The van der Waals surface area contributed by atoms with Crippen LogP contribution < -0.4 is 5.32 Å². The molecule has 100 valence electrons. The van der Waals surface area contributed by atoms with Crippen LogP contribution >= 0.6 is 0 Å². The molecule has 4 amide bonds. The molecule has 0 aliphatic carbocycles. The quantitative estimate of drug-likeness (QED) is 0.805. The molecule has 6 nitrogen and oxygen atoms in total. The highest BCUT2D eigenvalue weighted by atomic mass is 16.2. The zero-order valence-corrected chi connectivity index (χ0v) is 11.1. The number of aromatic nitrogens is 1. The molecule has 0 aromatic carbocycles. The summed E-state index contributed by atoms with van der Waals surface area (Å²) in [5, 5.41) is 2.20. The summed E-state index contributed by atoms with van der Waals surface area (Å²) >= 11 is 0. The third-order valence-corrected chi connectivity index (χ3v) is 3.29. The van der Waals surface area contributed by atoms with E-state index in [-0.39, 0.29) is 6.54 Å². The van der Waals surface area contributed by atoms with Gasteiger partial charge in [0.05, 0.1) is 6.54 Å². The Morgan fingerprint density at radius 2 is 2.00 bits per heavy atom. The maximum atomic E-state index is 12.2. The van der Waals surface area contributed by atoms with Gasteiger partial charge in [0.2, 0.25) is 11.8 Å². The number of carbonyl (C=O) groups is 3. The molecule has 1 N–H and O–H groups in total. The van der Waals surface area contributed by atoms with Crippen molar-refractivity contribution in [1.29, 1.82) is 0 Å². The molecule has 6 heteroatoms. The average Bonchev–Trinajstić information content (AvgIpc) is 2.35. The van der Waals surface area contributed by atoms with Crippen molar-refractivity contribution in [2.75, 3.05) is 0 Å². The van der Waals surface area contributed by atoms with Crippen molar-refractivity contribution in [2.24, 2.45) is 5.41 Å². The highest BCUT2D eigenvalue weighted by molar-refractivity contribution is 6.18. The molecule has 1 fully saturated rings. The molecular formula is C13H15N3O3. The number of nitrogens with one attached hydrogen (secondary N) is 1. The van der Waals surface area contributed by atoms with Crippen LogP contribution in [-0.2, 0) is 16.1 Å². The predicted octanol–water partition coefficient (Wildman–Crippen LogP) is 0.995. The molecule has 2 rings (SSSR count). The highest BCUT2D eigenvalue weighted by Crippen LogP contribution is 2.25. The summed E-state index contributed by atoms with van der Waals surface area (Å²) in [4.78, 5) is 40.6. The largest absolute Gasteiger partial charge is 0.331 e. The molecule has 0 atom stereocenters. The lowest BCUT2D eigenvalue weighted by molar-refractivity contribution is -0.149. The van der Waals surface area contributed by atoms with E-state index < -0.39 is 23.3 Å². The monoisotopic (exact) mass is 261 g/mol. The van der Waals surface area contributed by atoms with Gasteiger partial charge in [0.15, 0.2) is 0 Å². The molecule has 0 spiro atoms. The molecule has 0 unspecified atom stereocenters. The molecule has 1 aliphatic rings. The van der Waals surface area contributed by atoms with Gasteiger partial charge >= 0.3 is 6.03 Å². The minimum Gasteiger partial charge on any atom is -0.277 e. The van der Waals surface area contributed by atoms with E-state index in [0.29, 0.717) is 0 Å². The van der Waals surface area contributed by atoms with Gasteiger partial charge in [0.25, 0.3) is 0 Å². The number of imide groups is 2. The predicted molar refractivity (Wildman–Crippen MR) is 66.8 cm³/mol. The Morgan fingerprint density at radius 3 is 2.63 bits per heavy atom. The van der Waals surface area contributed by atoms with E-state index in [2.05, 4.69) is 10.3 Å². The summed E-state index contributed by atoms with van der Waals surface area (Å²) in [7, 11) is 0. The number of hydrogen-bond acceptors (Lipinski definition) is 4. The number of carbonyl (C=O) groups excluding carboxylic acids is 3. The summed E-state index contributed by atoms with van der Waals surface area (Å²) in [5.41, 5.74) is 0.478. The second-order valence-electron chi connectivity index (χ2n) is 5.08. The average molecular weight is 261 g/mol. The Bertz CT molecular complexity index is 566. The third-order valence-electron chi connectivity index (χ3n) is 3.29. The van der Waals surface area contributed by atoms with Gasteiger partial charge in [-0.25, -0.2) is 4.79 Å². The first-order valence-corrected chi connectivity index (χ1v) is 5.91. The number of pyridine rings is 1. The van der Waals surface area contributed by atoms with Crippen LogP contribution in [0, 0.1) is 12.3 Å². The van der Waals surface area contributed by atoms with Crippen molar-refractivity contribution in [3.8, 4) is 0 Å². The Balaban J connectivity index is 2.30. The summed E-state index contributed by atoms with van der Waals surface area (Å²) in [6.07, 6.45) is 3.25. The maximum absolute atomic E-state index is 12.2. The molecule has 1 aliphatic heterocycles. The lowest BCUT2D eigenvalue weighted by Gasteiger charge is -2.34. The molecule has 0 bridgehead atoms. The standard InChI is InChI=1S/C13H15N3O3/c1-8-4-5-14-6-9(8)7-16-11(18)13(2,3)10(17)15-12(16)19/h4-6H,7H2,1-3H3,(H,15,17,19). The smallest absolute Gasteiger partial charge is 0.277 e. The van der Waals surface area contributed by atoms with Crippen molar-refractivity contribution < 1.29 is 14.4 Å². The van der Waals surface area contributed by atoms with Gasteiger partial charge in [0.1, 0.15) is 5.41 Å². The zero-order chi connectivity index (χ0) is 14.2. The molecular weight excluding hydrogens is 246 g/mol. The molecule has 19 heavy (non-hydrogen) atoms. The van der Waals surface area contributed by atoms with Gasteiger partial charge in [-0.2, -0.15) is 0 Å². The van der Waals surface area contributed by atoms with Crippen LogP contribution in [0.4, 0.5) is 4.79 Å². The Morgan fingerprint density at radius 1 is 1.32 bits per heavy atom. The fourth-order valence-electron chi connectivity index (χ4n) is 1.82. The lowest BCUT2D eigenvalue weighted by atomic mass is 9.88. The number of barbiturate groups is 1. The van der Waals surface area contributed by atoms with Crippen LogP contribution in [0.2, 0.25) is 0 Å². The Kier molecular flexibility index (Phi) is 3.09. The van der Waals surface area contributed by atoms with Crippen LogP contribution in [0.1, 0.15) is 25.0 Å². The van der Waals surface area contributed by atoms with E-state index in [9.17, 15) is 14.4 Å². The zero-order valence-electron chi connectivity index (χ0n) is 11.1. The first-order valence-electron chi connectivity index (χ1n) is 5.91. The number of nitrogens with zero attached hydrogens (tertiary/aromatic N) is 2. The van der Waals surface area contributed by atoms with Gasteiger partial charge < -0.3 is 0 Å². The van der Waals surface area contributed by atoms with Crippen LogP contribution in [0.5, 0.6) is 0 Å². The van der Waals surface area contributed by atoms with E-state index in [0.717, 1.165) is 16.0 Å². The van der Waals surface area contributed by atoms with Crippen molar-refractivity contribution in [3.63, 3.8) is 0 Å². The van der Waals surface area contributed by atoms with Crippen molar-refractivity contribution in [2.45, 2.75) is 27.3 Å². The molecule has 0 radical (unpaired) electrons. The summed E-state index contributed by atoms with van der Waals surface area (Å²) in [5.74, 6) is -1.06. The second kappa shape index (κ2) is 4.46. The van der Waals surface area contributed by atoms with Gasteiger partial charge in [-0.15, -0.1) is 0 Å². The lowest BCUT2D eigenvalue weighted by Crippen LogP contribution is -2.61. The first kappa shape index (κ1) is 13.2. The number of hydrogen-bond donors (Lipinski definition) is 1. The molecule has 1 aromatic heterocycles. The summed E-state index contributed by atoms with van der Waals surface area (Å²) < 4.78 is 0. The fraction of sp³-hybridized carbons (Fsp3) is 0.385. The van der Waals surface area contributed by atoms with Crippen LogP contribution in [0.25, 0.3) is 0 Å². The van der Waals surface area contributed by atoms with E-state index >= 15 is 0 Å². The van der Waals surface area contributed by atoms with Crippen LogP contribution in [0.15, 0.2) is 18.5 Å². The van der Waals surface area contributed by atoms with Crippen LogP contribution in [-0.4, -0.2) is 27.7 Å². The van der Waals surface area contributed by atoms with Crippen LogP contribution in [0.3, 0.4) is 0 Å². The number of amides is 4. The van der Waals surface area contributed by atoms with E-state index in [1.165, 1.54) is 13.8 Å². The van der Waals surface area contributed by atoms with Gasteiger partial charge in [0, 0.05) is 12.4 Å². The number of aryl methyl sites for hydroxylation is 1. The molecule has 0 saturated carbocycles. The van der Waals surface area contributed by atoms with Crippen molar-refractivity contribution in [3.05, 3.63) is 29.6 Å². The fourth-order valence-corrected chi connectivity index (χ4v) is 1.82. The van der Waals surface area contributed by atoms with Crippen molar-refractivity contribution in [1.82, 2.24) is 15.2 Å². The minimum absolute atomic E-state index is 0.112. The van der Waals surface area contributed by atoms with Crippen molar-refractivity contribution >= 4 is 17.8 Å². The van der Waals surface area contributed by atoms with E-state index in [4.69, 9.17) is 0 Å². The SMILES string of the molecule is Cc1ccncc1CN1C(=O)NC(=O)C(C)(C)C1=O. The normalized spacial score (nSPS) is 18.5. The first-order chi connectivity index (χ1) is 8.84. The number of rotatable bonds is 2. The second-order valence-corrected chi connectivity index (χ2v) is 5.08. The Labute approximate surface area is 110 Å². The van der Waals surface area contributed by atoms with Gasteiger partial charge in [-0.3, -0.25) is 24.8 Å². The third kappa shape index (κ3) is 2.21.